The number of esters is 1. The predicted molar refractivity (Wildman–Crippen MR) is 83.2 cm³/mol. The van der Waals surface area contributed by atoms with Gasteiger partial charge in [-0.25, -0.2) is 14.1 Å². The lowest BCUT2D eigenvalue weighted by Gasteiger charge is -2.38. The number of halogens is 4. The highest BCUT2D eigenvalue weighted by Crippen LogP contribution is 2.39. The summed E-state index contributed by atoms with van der Waals surface area (Å²) in [5, 5.41) is 17.8. The zero-order chi connectivity index (χ0) is 19.1. The van der Waals surface area contributed by atoms with E-state index < -0.39 is 39.0 Å². The second kappa shape index (κ2) is 6.54. The number of aromatic nitrogens is 2. The first kappa shape index (κ1) is 18.6. The fourth-order valence-electron chi connectivity index (χ4n) is 2.47. The Hall–Kier alpha value is -2.15. The molecule has 2 atom stereocenters. The maximum atomic E-state index is 13.1. The first-order valence-corrected chi connectivity index (χ1v) is 8.06. The lowest BCUT2D eigenvalue weighted by molar-refractivity contribution is -0.138. The molecule has 1 saturated heterocycles. The molecule has 0 bridgehead atoms. The van der Waals surface area contributed by atoms with Gasteiger partial charge in [0.15, 0.2) is 0 Å². The smallest absolute Gasteiger partial charge is 0.445 e. The van der Waals surface area contributed by atoms with Gasteiger partial charge < -0.3 is 9.94 Å². The minimum absolute atomic E-state index is 0.00261. The number of ether oxygens (including phenoxy) is 1. The third kappa shape index (κ3) is 3.53. The molecule has 1 aliphatic rings. The highest BCUT2D eigenvalue weighted by Gasteiger charge is 2.47. The van der Waals surface area contributed by atoms with E-state index in [4.69, 9.17) is 4.74 Å². The molecule has 2 aromatic rings. The zero-order valence-corrected chi connectivity index (χ0v) is 14.1. The molecule has 140 valence electrons. The van der Waals surface area contributed by atoms with Crippen LogP contribution in [0.4, 0.5) is 22.7 Å². The molecule has 1 fully saturated rings. The second-order valence-electron chi connectivity index (χ2n) is 5.73. The van der Waals surface area contributed by atoms with Crippen LogP contribution in [0.5, 0.6) is 0 Å². The van der Waals surface area contributed by atoms with E-state index in [9.17, 15) is 27.6 Å². The Morgan fingerprint density at radius 1 is 1.35 bits per heavy atom. The number of hydroxylamine groups is 2. The van der Waals surface area contributed by atoms with E-state index in [2.05, 4.69) is 10.2 Å². The number of alkyl halides is 3. The predicted octanol–water partition coefficient (Wildman–Crippen LogP) is 2.59. The molecule has 0 amide bonds. The van der Waals surface area contributed by atoms with Crippen molar-refractivity contribution in [3.8, 4) is 0 Å². The Morgan fingerprint density at radius 2 is 2.00 bits per heavy atom. The number of hydrogen-bond donors (Lipinski definition) is 0. The van der Waals surface area contributed by atoms with E-state index in [1.807, 2.05) is 0 Å². The summed E-state index contributed by atoms with van der Waals surface area (Å²) in [4.78, 5) is 13.7. The fourth-order valence-corrected chi connectivity index (χ4v) is 3.25. The Labute approximate surface area is 148 Å². The van der Waals surface area contributed by atoms with Crippen molar-refractivity contribution in [2.24, 2.45) is 0 Å². The molecule has 0 spiro atoms. The van der Waals surface area contributed by atoms with Crippen molar-refractivity contribution in [1.82, 2.24) is 19.7 Å². The SMILES string of the molecule is CN1CC(OC(=O)c2ccc(F)cc2)[N+]([O-])(c2nnc(C(F)(F)F)s2)C1. The van der Waals surface area contributed by atoms with Crippen LogP contribution in [-0.4, -0.2) is 47.6 Å². The molecule has 2 heterocycles. The number of carbonyl (C=O) groups excluding carboxylic acids is 1. The third-order valence-electron chi connectivity index (χ3n) is 3.69. The van der Waals surface area contributed by atoms with Gasteiger partial charge in [0.05, 0.1) is 12.1 Å². The number of likely N-dealkylation sites (N-methyl/N-ethyl adjacent to an activating group) is 1. The van der Waals surface area contributed by atoms with E-state index in [-0.39, 0.29) is 30.1 Å². The van der Waals surface area contributed by atoms with Gasteiger partial charge in [0.1, 0.15) is 12.5 Å². The number of rotatable bonds is 3. The van der Waals surface area contributed by atoms with Crippen molar-refractivity contribution in [1.29, 1.82) is 0 Å². The van der Waals surface area contributed by atoms with Gasteiger partial charge in [-0.15, -0.1) is 5.10 Å². The highest BCUT2D eigenvalue weighted by molar-refractivity contribution is 7.15. The minimum atomic E-state index is -4.72. The third-order valence-corrected chi connectivity index (χ3v) is 4.77. The normalized spacial score (nSPS) is 24.0. The van der Waals surface area contributed by atoms with Crippen molar-refractivity contribution in [3.63, 3.8) is 0 Å². The van der Waals surface area contributed by atoms with E-state index in [0.29, 0.717) is 0 Å². The monoisotopic (exact) mass is 392 g/mol. The van der Waals surface area contributed by atoms with Crippen molar-refractivity contribution >= 4 is 22.4 Å². The van der Waals surface area contributed by atoms with Crippen molar-refractivity contribution in [3.05, 3.63) is 45.9 Å². The first-order chi connectivity index (χ1) is 12.1. The molecule has 1 aromatic heterocycles. The van der Waals surface area contributed by atoms with Crippen LogP contribution in [0.2, 0.25) is 0 Å². The molecule has 1 aliphatic heterocycles. The molecule has 3 rings (SSSR count). The number of benzene rings is 1. The first-order valence-electron chi connectivity index (χ1n) is 7.25. The van der Waals surface area contributed by atoms with Crippen LogP contribution in [0, 0.1) is 11.0 Å². The van der Waals surface area contributed by atoms with Crippen molar-refractivity contribution in [2.45, 2.75) is 12.4 Å². The Bertz CT molecular complexity index is 813. The van der Waals surface area contributed by atoms with Gasteiger partial charge in [-0.3, -0.25) is 4.65 Å². The summed E-state index contributed by atoms with van der Waals surface area (Å²) in [6.07, 6.45) is -6.05. The van der Waals surface area contributed by atoms with Crippen molar-refractivity contribution in [2.75, 3.05) is 20.3 Å². The Morgan fingerprint density at radius 3 is 2.58 bits per heavy atom. The van der Waals surface area contributed by atoms with Crippen LogP contribution in [0.3, 0.4) is 0 Å². The molecule has 1 aromatic carbocycles. The quantitative estimate of drug-likeness (QED) is 0.346. The molecule has 0 radical (unpaired) electrons. The molecular formula is C14H12F4N4O3S. The minimum Gasteiger partial charge on any atom is -0.622 e. The summed E-state index contributed by atoms with van der Waals surface area (Å²) in [6, 6.07) is 4.47. The van der Waals surface area contributed by atoms with E-state index in [1.54, 1.807) is 7.05 Å². The lowest BCUT2D eigenvalue weighted by atomic mass is 10.2. The molecule has 12 heteroatoms. The molecular weight excluding hydrogens is 380 g/mol. The molecule has 2 unspecified atom stereocenters. The topological polar surface area (TPSA) is 78.4 Å². The maximum absolute atomic E-state index is 13.1. The van der Waals surface area contributed by atoms with Crippen LogP contribution in [0.25, 0.3) is 0 Å². The average Bonchev–Trinajstić information content (AvgIpc) is 3.14. The van der Waals surface area contributed by atoms with Crippen LogP contribution in [-0.2, 0) is 10.9 Å². The van der Waals surface area contributed by atoms with Crippen LogP contribution in [0.15, 0.2) is 24.3 Å². The summed E-state index contributed by atoms with van der Waals surface area (Å²) in [7, 11) is 1.56. The van der Waals surface area contributed by atoms with Gasteiger partial charge in [-0.05, 0) is 42.6 Å². The van der Waals surface area contributed by atoms with Crippen molar-refractivity contribution < 1.29 is 27.1 Å². The van der Waals surface area contributed by atoms with E-state index >= 15 is 0 Å². The van der Waals surface area contributed by atoms with E-state index in [1.165, 1.54) is 17.0 Å². The summed E-state index contributed by atoms with van der Waals surface area (Å²) in [5.41, 5.74) is 0.0146. The molecule has 0 aliphatic carbocycles. The molecule has 26 heavy (non-hydrogen) atoms. The lowest BCUT2D eigenvalue weighted by Crippen LogP contribution is -2.50. The molecule has 0 N–H and O–H groups in total. The molecule has 7 nitrogen and oxygen atoms in total. The van der Waals surface area contributed by atoms with Gasteiger partial charge in [0, 0.05) is 0 Å². The summed E-state index contributed by atoms with van der Waals surface area (Å²) < 4.78 is 54.9. The van der Waals surface area contributed by atoms with E-state index in [0.717, 1.165) is 12.1 Å². The summed E-state index contributed by atoms with van der Waals surface area (Å²) in [5.74, 6) is -1.44. The Kier molecular flexibility index (Phi) is 4.69. The second-order valence-corrected chi connectivity index (χ2v) is 6.69. The maximum Gasteiger partial charge on any atom is 0.445 e. The van der Waals surface area contributed by atoms with Crippen LogP contribution >= 0.6 is 11.3 Å². The number of carbonyl (C=O) groups is 1. The van der Waals surface area contributed by atoms with Crippen LogP contribution in [0.1, 0.15) is 15.4 Å². The summed E-state index contributed by atoms with van der Waals surface area (Å²) >= 11 is 0.112. The van der Waals surface area contributed by atoms with Gasteiger partial charge >= 0.3 is 17.3 Å². The van der Waals surface area contributed by atoms with Gasteiger partial charge in [-0.1, -0.05) is 5.10 Å². The standard InChI is InChI=1S/C14H12F4N4O3S/c1-21-6-10(25-11(23)8-2-4-9(15)5-3-8)22(24,7-21)13-20-19-12(26-13)14(16,17)18/h2-5,10H,6-7H2,1H3. The summed E-state index contributed by atoms with van der Waals surface area (Å²) in [6.45, 7) is -0.259. The van der Waals surface area contributed by atoms with Crippen LogP contribution < -0.4 is 4.65 Å². The van der Waals surface area contributed by atoms with Gasteiger partial charge in [0.25, 0.3) is 6.23 Å². The molecule has 0 saturated carbocycles. The van der Waals surface area contributed by atoms with Gasteiger partial charge in [0.2, 0.25) is 5.01 Å². The number of hydrogen-bond acceptors (Lipinski definition) is 7. The zero-order valence-electron chi connectivity index (χ0n) is 13.2. The number of nitrogens with zero attached hydrogens (tertiary/aromatic N) is 4. The number of quaternary nitrogens is 1. The highest BCUT2D eigenvalue weighted by atomic mass is 32.1. The largest absolute Gasteiger partial charge is 0.622 e. The average molecular weight is 392 g/mol. The fraction of sp³-hybridized carbons (Fsp3) is 0.357. The van der Waals surface area contributed by atoms with Gasteiger partial charge in [-0.2, -0.15) is 13.2 Å². The Balaban J connectivity index is 1.84.